The highest BCUT2D eigenvalue weighted by atomic mass is 32.2. The molecule has 2 N–H and O–H groups in total. The summed E-state index contributed by atoms with van der Waals surface area (Å²) in [6, 6.07) is 4.80. The van der Waals surface area contributed by atoms with E-state index in [2.05, 4.69) is 10.0 Å². The molecule has 1 amide bonds. The number of esters is 1. The molecular weight excluding hydrogens is 348 g/mol. The molecule has 0 fully saturated rings. The first-order valence-corrected chi connectivity index (χ1v) is 9.22. The Labute approximate surface area is 147 Å². The molecule has 0 atom stereocenters. The van der Waals surface area contributed by atoms with E-state index in [0.717, 1.165) is 11.1 Å². The number of benzene rings is 1. The minimum atomic E-state index is -3.69. The number of carbonyl (C=O) groups excluding carboxylic acids is 2. The molecule has 9 heteroatoms. The van der Waals surface area contributed by atoms with Gasteiger partial charge < -0.3 is 14.8 Å². The lowest BCUT2D eigenvalue weighted by atomic mass is 10.1. The highest BCUT2D eigenvalue weighted by molar-refractivity contribution is 7.89. The van der Waals surface area contributed by atoms with Crippen molar-refractivity contribution >= 4 is 21.9 Å². The Morgan fingerprint density at radius 3 is 2.48 bits per heavy atom. The van der Waals surface area contributed by atoms with Crippen LogP contribution in [0.2, 0.25) is 0 Å². The number of hydrogen-bond acceptors (Lipinski definition) is 6. The van der Waals surface area contributed by atoms with Crippen LogP contribution >= 0.6 is 0 Å². The number of nitrogens with one attached hydrogen (secondary N) is 2. The maximum Gasteiger partial charge on any atom is 0.307 e. The van der Waals surface area contributed by atoms with E-state index < -0.39 is 28.5 Å². The fourth-order valence-electron chi connectivity index (χ4n) is 1.81. The summed E-state index contributed by atoms with van der Waals surface area (Å²) in [5.74, 6) is -1.11. The van der Waals surface area contributed by atoms with Gasteiger partial charge in [-0.3, -0.25) is 9.59 Å². The van der Waals surface area contributed by atoms with Gasteiger partial charge in [0.05, 0.1) is 17.9 Å². The molecule has 0 heterocycles. The van der Waals surface area contributed by atoms with E-state index >= 15 is 0 Å². The molecule has 0 bridgehead atoms. The fraction of sp³-hybridized carbons (Fsp3) is 0.500. The summed E-state index contributed by atoms with van der Waals surface area (Å²) in [6.45, 7) is 3.87. The van der Waals surface area contributed by atoms with Gasteiger partial charge in [0.2, 0.25) is 10.0 Å². The first-order chi connectivity index (χ1) is 11.8. The Morgan fingerprint density at radius 1 is 1.12 bits per heavy atom. The van der Waals surface area contributed by atoms with Crippen molar-refractivity contribution in [1.82, 2.24) is 10.0 Å². The molecule has 1 rings (SSSR count). The third kappa shape index (κ3) is 7.63. The lowest BCUT2D eigenvalue weighted by Crippen LogP contribution is -2.32. The molecule has 0 saturated carbocycles. The van der Waals surface area contributed by atoms with Crippen molar-refractivity contribution in [3.05, 3.63) is 29.3 Å². The van der Waals surface area contributed by atoms with Gasteiger partial charge in [0.15, 0.2) is 6.61 Å². The molecule has 25 heavy (non-hydrogen) atoms. The van der Waals surface area contributed by atoms with E-state index in [-0.39, 0.29) is 17.9 Å². The molecule has 0 aliphatic rings. The lowest BCUT2D eigenvalue weighted by molar-refractivity contribution is -0.148. The van der Waals surface area contributed by atoms with E-state index in [9.17, 15) is 18.0 Å². The minimum Gasteiger partial charge on any atom is -0.456 e. The van der Waals surface area contributed by atoms with Gasteiger partial charge in [-0.1, -0.05) is 6.07 Å². The Morgan fingerprint density at radius 2 is 1.84 bits per heavy atom. The van der Waals surface area contributed by atoms with Crippen LogP contribution in [0.5, 0.6) is 0 Å². The van der Waals surface area contributed by atoms with Crippen molar-refractivity contribution in [2.75, 3.05) is 33.4 Å². The predicted octanol–water partition coefficient (Wildman–Crippen LogP) is 0.278. The summed E-state index contributed by atoms with van der Waals surface area (Å²) < 4.78 is 36.2. The molecular formula is C16H24N2O6S. The van der Waals surface area contributed by atoms with Crippen LogP contribution in [0, 0.1) is 13.8 Å². The molecule has 0 saturated heterocycles. The summed E-state index contributed by atoms with van der Waals surface area (Å²) in [4.78, 5) is 23.0. The monoisotopic (exact) mass is 372 g/mol. The molecule has 8 nitrogen and oxygen atoms in total. The van der Waals surface area contributed by atoms with Crippen molar-refractivity contribution in [3.63, 3.8) is 0 Å². The summed E-state index contributed by atoms with van der Waals surface area (Å²) in [5, 5.41) is 2.50. The molecule has 1 aromatic carbocycles. The van der Waals surface area contributed by atoms with Crippen LogP contribution in [0.15, 0.2) is 23.1 Å². The second-order valence-corrected chi connectivity index (χ2v) is 7.16. The second-order valence-electron chi connectivity index (χ2n) is 5.40. The molecule has 0 aliphatic heterocycles. The van der Waals surface area contributed by atoms with E-state index in [1.165, 1.54) is 13.2 Å². The third-order valence-electron chi connectivity index (χ3n) is 3.40. The Bertz CT molecular complexity index is 703. The smallest absolute Gasteiger partial charge is 0.307 e. The van der Waals surface area contributed by atoms with Gasteiger partial charge in [0, 0.05) is 20.2 Å². The van der Waals surface area contributed by atoms with Crippen LogP contribution in [-0.2, 0) is 29.1 Å². The zero-order valence-corrected chi connectivity index (χ0v) is 15.4. The number of methoxy groups -OCH3 is 1. The first-order valence-electron chi connectivity index (χ1n) is 7.74. The zero-order valence-electron chi connectivity index (χ0n) is 14.6. The van der Waals surface area contributed by atoms with E-state index in [0.29, 0.717) is 13.2 Å². The van der Waals surface area contributed by atoms with Crippen LogP contribution in [0.4, 0.5) is 0 Å². The van der Waals surface area contributed by atoms with Gasteiger partial charge in [-0.2, -0.15) is 0 Å². The highest BCUT2D eigenvalue weighted by Gasteiger charge is 2.15. The van der Waals surface area contributed by atoms with Crippen molar-refractivity contribution in [2.24, 2.45) is 0 Å². The van der Waals surface area contributed by atoms with Crippen LogP contribution in [-0.4, -0.2) is 53.7 Å². The van der Waals surface area contributed by atoms with Crippen molar-refractivity contribution in [3.8, 4) is 0 Å². The summed E-state index contributed by atoms with van der Waals surface area (Å²) in [5.41, 5.74) is 1.85. The SMILES string of the molecule is COCCNC(=O)COC(=O)CCNS(=O)(=O)c1ccc(C)c(C)c1. The fourth-order valence-corrected chi connectivity index (χ4v) is 2.93. The molecule has 1 aromatic rings. The van der Waals surface area contributed by atoms with E-state index in [1.807, 2.05) is 13.8 Å². The highest BCUT2D eigenvalue weighted by Crippen LogP contribution is 2.14. The van der Waals surface area contributed by atoms with Gasteiger partial charge >= 0.3 is 5.97 Å². The normalized spacial score (nSPS) is 11.2. The molecule has 0 aliphatic carbocycles. The minimum absolute atomic E-state index is 0.112. The predicted molar refractivity (Wildman–Crippen MR) is 91.6 cm³/mol. The average Bonchev–Trinajstić information content (AvgIpc) is 2.55. The summed E-state index contributed by atoms with van der Waals surface area (Å²) >= 11 is 0. The van der Waals surface area contributed by atoms with Crippen molar-refractivity contribution in [2.45, 2.75) is 25.2 Å². The molecule has 0 unspecified atom stereocenters. The van der Waals surface area contributed by atoms with Crippen LogP contribution < -0.4 is 10.0 Å². The van der Waals surface area contributed by atoms with Gasteiger partial charge in [0.25, 0.3) is 5.91 Å². The molecule has 0 radical (unpaired) electrons. The van der Waals surface area contributed by atoms with Gasteiger partial charge in [-0.05, 0) is 37.1 Å². The molecule has 140 valence electrons. The first kappa shape index (κ1) is 21.1. The zero-order chi connectivity index (χ0) is 18.9. The van der Waals surface area contributed by atoms with Gasteiger partial charge in [-0.15, -0.1) is 0 Å². The summed E-state index contributed by atoms with van der Waals surface area (Å²) in [6.07, 6.45) is -0.171. The number of carbonyl (C=O) groups is 2. The Hall–Kier alpha value is -1.97. The standard InChI is InChI=1S/C16H24N2O6S/c1-12-4-5-14(10-13(12)2)25(21,22)18-7-6-16(20)24-11-15(19)17-8-9-23-3/h4-5,10,18H,6-9,11H2,1-3H3,(H,17,19). The second kappa shape index (κ2) is 10.1. The van der Waals surface area contributed by atoms with Gasteiger partial charge in [-0.25, -0.2) is 13.1 Å². The van der Waals surface area contributed by atoms with Crippen LogP contribution in [0.25, 0.3) is 0 Å². The topological polar surface area (TPSA) is 111 Å². The third-order valence-corrected chi connectivity index (χ3v) is 4.86. The number of sulfonamides is 1. The average molecular weight is 372 g/mol. The van der Waals surface area contributed by atoms with Gasteiger partial charge in [0.1, 0.15) is 0 Å². The van der Waals surface area contributed by atoms with Crippen LogP contribution in [0.1, 0.15) is 17.5 Å². The number of amides is 1. The lowest BCUT2D eigenvalue weighted by Gasteiger charge is -2.09. The quantitative estimate of drug-likeness (QED) is 0.451. The van der Waals surface area contributed by atoms with E-state index in [1.54, 1.807) is 12.1 Å². The Balaban J connectivity index is 2.36. The maximum atomic E-state index is 12.2. The molecule has 0 spiro atoms. The number of ether oxygens (including phenoxy) is 2. The van der Waals surface area contributed by atoms with Crippen LogP contribution in [0.3, 0.4) is 0 Å². The number of aryl methyl sites for hydroxylation is 2. The summed E-state index contributed by atoms with van der Waals surface area (Å²) in [7, 11) is -2.19. The number of hydrogen-bond donors (Lipinski definition) is 2. The van der Waals surface area contributed by atoms with Crippen molar-refractivity contribution in [1.29, 1.82) is 0 Å². The van der Waals surface area contributed by atoms with E-state index in [4.69, 9.17) is 9.47 Å². The largest absolute Gasteiger partial charge is 0.456 e. The maximum absolute atomic E-state index is 12.2. The molecule has 0 aromatic heterocycles. The van der Waals surface area contributed by atoms with Crippen molar-refractivity contribution < 1.29 is 27.5 Å². The number of rotatable bonds is 10. The Kier molecular flexibility index (Phi) is 8.53.